The maximum atomic E-state index is 5.22. The van der Waals surface area contributed by atoms with E-state index in [1.807, 2.05) is 0 Å². The highest BCUT2D eigenvalue weighted by Crippen LogP contribution is 2.22. The van der Waals surface area contributed by atoms with Crippen molar-refractivity contribution in [3.8, 4) is 0 Å². The summed E-state index contributed by atoms with van der Waals surface area (Å²) >= 11 is 0. The molecule has 0 amide bonds. The number of hydrogen-bond acceptors (Lipinski definition) is 3. The maximum absolute atomic E-state index is 5.22. The van der Waals surface area contributed by atoms with E-state index in [1.165, 1.54) is 24.1 Å². The van der Waals surface area contributed by atoms with Crippen molar-refractivity contribution in [2.24, 2.45) is 0 Å². The largest absolute Gasteiger partial charge is 0.384 e. The highest BCUT2D eigenvalue weighted by atomic mass is 16.5. The Balaban J connectivity index is 2.07. The Labute approximate surface area is 116 Å². The highest BCUT2D eigenvalue weighted by Gasteiger charge is 2.16. The summed E-state index contributed by atoms with van der Waals surface area (Å²) in [5, 5.41) is 3.63. The summed E-state index contributed by atoms with van der Waals surface area (Å²) in [5.74, 6) is 0. The van der Waals surface area contributed by atoms with Crippen LogP contribution in [0.2, 0.25) is 0 Å². The lowest BCUT2D eigenvalue weighted by Crippen LogP contribution is -2.30. The first-order valence-corrected chi connectivity index (χ1v) is 7.40. The molecule has 1 heterocycles. The van der Waals surface area contributed by atoms with Crippen LogP contribution in [0, 0.1) is 0 Å². The van der Waals surface area contributed by atoms with Crippen molar-refractivity contribution in [1.29, 1.82) is 0 Å². The predicted molar refractivity (Wildman–Crippen MR) is 80.9 cm³/mol. The molecule has 0 aromatic heterocycles. The van der Waals surface area contributed by atoms with Crippen molar-refractivity contribution in [1.82, 2.24) is 5.32 Å². The topological polar surface area (TPSA) is 24.5 Å². The van der Waals surface area contributed by atoms with Crippen LogP contribution in [0.25, 0.3) is 0 Å². The third-order valence-electron chi connectivity index (χ3n) is 3.96. The minimum atomic E-state index is 0.677. The Bertz CT molecular complexity index is 381. The number of rotatable bonds is 5. The van der Waals surface area contributed by atoms with E-state index in [2.05, 4.69) is 41.4 Å². The number of benzene rings is 1. The molecule has 2 rings (SSSR count). The first-order valence-electron chi connectivity index (χ1n) is 7.40. The zero-order valence-electron chi connectivity index (χ0n) is 12.2. The van der Waals surface area contributed by atoms with Gasteiger partial charge in [0, 0.05) is 38.5 Å². The Morgan fingerprint density at radius 2 is 2.16 bits per heavy atom. The summed E-state index contributed by atoms with van der Waals surface area (Å²) < 4.78 is 5.22. The number of methoxy groups -OCH3 is 1. The molecule has 1 N–H and O–H groups in total. The number of nitrogens with one attached hydrogen (secondary N) is 1. The Morgan fingerprint density at radius 3 is 2.95 bits per heavy atom. The van der Waals surface area contributed by atoms with Gasteiger partial charge in [0.15, 0.2) is 0 Å². The molecule has 19 heavy (non-hydrogen) atoms. The van der Waals surface area contributed by atoms with Crippen LogP contribution in [-0.2, 0) is 11.2 Å². The van der Waals surface area contributed by atoms with Gasteiger partial charge in [-0.25, -0.2) is 0 Å². The molecule has 3 nitrogen and oxygen atoms in total. The second kappa shape index (κ2) is 7.51. The third kappa shape index (κ3) is 3.95. The lowest BCUT2D eigenvalue weighted by Gasteiger charge is -2.25. The summed E-state index contributed by atoms with van der Waals surface area (Å²) in [6.45, 7) is 6.38. The number of hydrogen-bond donors (Lipinski definition) is 1. The van der Waals surface area contributed by atoms with Gasteiger partial charge in [-0.1, -0.05) is 25.1 Å². The number of ether oxygens (including phenoxy) is 1. The predicted octanol–water partition coefficient (Wildman–Crippen LogP) is 2.45. The van der Waals surface area contributed by atoms with E-state index in [1.54, 1.807) is 7.11 Å². The van der Waals surface area contributed by atoms with Crippen LogP contribution in [0.3, 0.4) is 0 Å². The fourth-order valence-electron chi connectivity index (χ4n) is 2.76. The average molecular weight is 262 g/mol. The third-order valence-corrected chi connectivity index (χ3v) is 3.96. The van der Waals surface area contributed by atoms with Crippen molar-refractivity contribution in [3.63, 3.8) is 0 Å². The minimum absolute atomic E-state index is 0.677. The lowest BCUT2D eigenvalue weighted by atomic mass is 10.1. The van der Waals surface area contributed by atoms with E-state index in [-0.39, 0.29) is 0 Å². The molecule has 0 radical (unpaired) electrons. The first-order chi connectivity index (χ1) is 9.35. The molecular formula is C16H26N2O. The van der Waals surface area contributed by atoms with Crippen molar-refractivity contribution < 1.29 is 4.74 Å². The lowest BCUT2D eigenvalue weighted by molar-refractivity contribution is 0.202. The highest BCUT2D eigenvalue weighted by molar-refractivity contribution is 5.54. The van der Waals surface area contributed by atoms with Crippen molar-refractivity contribution in [2.75, 3.05) is 38.3 Å². The molecule has 0 spiro atoms. The van der Waals surface area contributed by atoms with Gasteiger partial charge in [0.2, 0.25) is 0 Å². The summed E-state index contributed by atoms with van der Waals surface area (Å²) in [6, 6.07) is 9.41. The van der Waals surface area contributed by atoms with E-state index >= 15 is 0 Å². The van der Waals surface area contributed by atoms with Gasteiger partial charge in [-0.3, -0.25) is 0 Å². The Hall–Kier alpha value is -1.06. The normalized spacial score (nSPS) is 20.3. The quantitative estimate of drug-likeness (QED) is 0.882. The minimum Gasteiger partial charge on any atom is -0.384 e. The molecule has 3 heteroatoms. The summed E-state index contributed by atoms with van der Waals surface area (Å²) in [7, 11) is 1.77. The van der Waals surface area contributed by atoms with E-state index in [4.69, 9.17) is 4.74 Å². The molecule has 0 saturated carbocycles. The molecule has 0 bridgehead atoms. The maximum Gasteiger partial charge on any atom is 0.0503 e. The van der Waals surface area contributed by atoms with Gasteiger partial charge in [0.05, 0.1) is 6.61 Å². The van der Waals surface area contributed by atoms with Gasteiger partial charge in [-0.2, -0.15) is 0 Å². The van der Waals surface area contributed by atoms with Crippen molar-refractivity contribution in [2.45, 2.75) is 32.2 Å². The van der Waals surface area contributed by atoms with Crippen LogP contribution in [0.1, 0.15) is 25.3 Å². The molecule has 0 aliphatic carbocycles. The molecule has 1 fully saturated rings. The zero-order valence-corrected chi connectivity index (χ0v) is 12.2. The van der Waals surface area contributed by atoms with E-state index in [0.29, 0.717) is 6.04 Å². The molecule has 1 atom stereocenters. The Kier molecular flexibility index (Phi) is 5.67. The molecule has 1 aliphatic rings. The van der Waals surface area contributed by atoms with Crippen molar-refractivity contribution >= 4 is 5.69 Å². The molecule has 1 aliphatic heterocycles. The monoisotopic (exact) mass is 262 g/mol. The van der Waals surface area contributed by atoms with Gasteiger partial charge >= 0.3 is 0 Å². The summed E-state index contributed by atoms with van der Waals surface area (Å²) in [6.07, 6.45) is 3.45. The summed E-state index contributed by atoms with van der Waals surface area (Å²) in [4.78, 5) is 2.52. The van der Waals surface area contributed by atoms with E-state index < -0.39 is 0 Å². The second-order valence-corrected chi connectivity index (χ2v) is 5.21. The van der Waals surface area contributed by atoms with Gasteiger partial charge < -0.3 is 15.0 Å². The van der Waals surface area contributed by atoms with E-state index in [9.17, 15) is 0 Å². The first kappa shape index (κ1) is 14.4. The number of anilines is 1. The molecular weight excluding hydrogens is 236 g/mol. The van der Waals surface area contributed by atoms with Crippen LogP contribution < -0.4 is 10.2 Å². The van der Waals surface area contributed by atoms with Crippen LogP contribution in [0.5, 0.6) is 0 Å². The van der Waals surface area contributed by atoms with Gasteiger partial charge in [-0.05, 0) is 30.9 Å². The SMILES string of the molecule is CCC1CCN(c2ccccc2CCOC)CCN1. The van der Waals surface area contributed by atoms with Gasteiger partial charge in [0.1, 0.15) is 0 Å². The van der Waals surface area contributed by atoms with Gasteiger partial charge in [0.25, 0.3) is 0 Å². The number of nitrogens with zero attached hydrogens (tertiary/aromatic N) is 1. The smallest absolute Gasteiger partial charge is 0.0503 e. The van der Waals surface area contributed by atoms with Crippen LogP contribution >= 0.6 is 0 Å². The molecule has 1 unspecified atom stereocenters. The summed E-state index contributed by atoms with van der Waals surface area (Å²) in [5.41, 5.74) is 2.79. The van der Waals surface area contributed by atoms with Crippen molar-refractivity contribution in [3.05, 3.63) is 29.8 Å². The van der Waals surface area contributed by atoms with Gasteiger partial charge in [-0.15, -0.1) is 0 Å². The van der Waals surface area contributed by atoms with E-state index in [0.717, 1.165) is 32.7 Å². The van der Waals surface area contributed by atoms with Crippen LogP contribution in [0.4, 0.5) is 5.69 Å². The average Bonchev–Trinajstić information content (AvgIpc) is 2.70. The molecule has 1 saturated heterocycles. The second-order valence-electron chi connectivity index (χ2n) is 5.21. The Morgan fingerprint density at radius 1 is 1.32 bits per heavy atom. The fourth-order valence-corrected chi connectivity index (χ4v) is 2.76. The zero-order chi connectivity index (χ0) is 13.5. The fraction of sp³-hybridized carbons (Fsp3) is 0.625. The number of para-hydroxylation sites is 1. The molecule has 1 aromatic carbocycles. The standard InChI is InChI=1S/C16H26N2O/c1-3-15-8-11-18(12-10-17-15)16-7-5-4-6-14(16)9-13-19-2/h4-7,15,17H,3,8-13H2,1-2H3. The van der Waals surface area contributed by atoms with Crippen LogP contribution in [0.15, 0.2) is 24.3 Å². The molecule has 1 aromatic rings. The molecule has 106 valence electrons. The van der Waals surface area contributed by atoms with Crippen LogP contribution in [-0.4, -0.2) is 39.4 Å².